The van der Waals surface area contributed by atoms with Gasteiger partial charge in [0, 0.05) is 32.7 Å². The van der Waals surface area contributed by atoms with E-state index in [2.05, 4.69) is 36.4 Å². The fourth-order valence-electron chi connectivity index (χ4n) is 1.37. The van der Waals surface area contributed by atoms with Crippen molar-refractivity contribution in [2.75, 3.05) is 0 Å². The molecule has 0 N–H and O–H groups in total. The smallest absolute Gasteiger partial charge is 0.319 e. The molecule has 3 aromatic carbocycles. The standard InChI is InChI=1S/C10H7.C6H4.W.Y/c1-2-6-10-8-4-3-7-9(10)5-1;1-2-4-6-5-3-1;;/h1-3,5-8H;1-2,5-6H;;/q-1;-2;+2;. The number of rotatable bonds is 0. The number of benzene rings is 3. The van der Waals surface area contributed by atoms with Crippen LogP contribution >= 0.6 is 0 Å². The van der Waals surface area contributed by atoms with E-state index in [9.17, 15) is 0 Å². The summed E-state index contributed by atoms with van der Waals surface area (Å²) < 4.78 is 0. The summed E-state index contributed by atoms with van der Waals surface area (Å²) in [6.45, 7) is 0. The Morgan fingerprint density at radius 3 is 1.67 bits per heavy atom. The Hall–Kier alpha value is -0.288. The molecule has 0 aromatic heterocycles. The Morgan fingerprint density at radius 1 is 0.611 bits per heavy atom. The van der Waals surface area contributed by atoms with E-state index in [1.54, 1.807) is 0 Å². The Labute approximate surface area is 148 Å². The molecular formula is C16H11WY-. The molecule has 2 heteroatoms. The zero-order chi connectivity index (χ0) is 11.1. The van der Waals surface area contributed by atoms with Crippen molar-refractivity contribution >= 4 is 10.8 Å². The molecule has 0 aliphatic carbocycles. The van der Waals surface area contributed by atoms with Crippen LogP contribution in [0.4, 0.5) is 0 Å². The van der Waals surface area contributed by atoms with Crippen LogP contribution in [-0.4, -0.2) is 0 Å². The molecule has 0 amide bonds. The topological polar surface area (TPSA) is 0 Å². The van der Waals surface area contributed by atoms with E-state index in [4.69, 9.17) is 0 Å². The van der Waals surface area contributed by atoms with Gasteiger partial charge in [-0.1, -0.05) is 18.2 Å². The molecule has 0 spiro atoms. The Bertz CT molecular complexity index is 445. The summed E-state index contributed by atoms with van der Waals surface area (Å²) in [5, 5.41) is 2.53. The van der Waals surface area contributed by atoms with Crippen LogP contribution in [0.2, 0.25) is 0 Å². The van der Waals surface area contributed by atoms with E-state index in [0.29, 0.717) is 0 Å². The summed E-state index contributed by atoms with van der Waals surface area (Å²) in [7, 11) is 0. The van der Waals surface area contributed by atoms with Gasteiger partial charge in [-0.15, -0.1) is 16.8 Å². The predicted octanol–water partition coefficient (Wildman–Crippen LogP) is 3.92. The van der Waals surface area contributed by atoms with Crippen molar-refractivity contribution < 1.29 is 53.8 Å². The number of fused-ring (bicyclic) bond motifs is 1. The second-order valence-electron chi connectivity index (χ2n) is 3.27. The van der Waals surface area contributed by atoms with E-state index in [-0.39, 0.29) is 53.8 Å². The van der Waals surface area contributed by atoms with E-state index >= 15 is 0 Å². The van der Waals surface area contributed by atoms with Crippen molar-refractivity contribution in [1.82, 2.24) is 0 Å². The Kier molecular flexibility index (Phi) is 10.4. The van der Waals surface area contributed by atoms with Gasteiger partial charge in [0.1, 0.15) is 0 Å². The molecule has 0 saturated heterocycles. The maximum Gasteiger partial charge on any atom is 2.00 e. The second-order valence-corrected chi connectivity index (χ2v) is 3.27. The summed E-state index contributed by atoms with van der Waals surface area (Å²) in [6.07, 6.45) is 0. The SMILES string of the molecule is [W+2].[Y].[c-]1cc[c-]cc1.[c-]1ccc2ccccc2c1. The van der Waals surface area contributed by atoms with Crippen molar-refractivity contribution in [1.29, 1.82) is 0 Å². The first kappa shape index (κ1) is 17.7. The molecule has 0 fully saturated rings. The summed E-state index contributed by atoms with van der Waals surface area (Å²) in [5.41, 5.74) is 0. The summed E-state index contributed by atoms with van der Waals surface area (Å²) in [5.74, 6) is 0. The van der Waals surface area contributed by atoms with Gasteiger partial charge in [0.05, 0.1) is 0 Å². The number of hydrogen-bond acceptors (Lipinski definition) is 0. The van der Waals surface area contributed by atoms with Crippen LogP contribution in [-0.2, 0) is 53.8 Å². The van der Waals surface area contributed by atoms with E-state index in [0.717, 1.165) is 0 Å². The molecular weight excluding hydrogens is 465 g/mol. The van der Waals surface area contributed by atoms with E-state index in [1.807, 2.05) is 48.5 Å². The molecule has 0 aliphatic rings. The first-order valence-electron chi connectivity index (χ1n) is 5.14. The average molecular weight is 476 g/mol. The molecule has 0 aliphatic heterocycles. The van der Waals surface area contributed by atoms with Crippen LogP contribution in [0.3, 0.4) is 0 Å². The van der Waals surface area contributed by atoms with Crippen LogP contribution in [0.1, 0.15) is 0 Å². The monoisotopic (exact) mass is 476 g/mol. The minimum absolute atomic E-state index is 0. The van der Waals surface area contributed by atoms with Gasteiger partial charge in [-0.2, -0.15) is 24.3 Å². The van der Waals surface area contributed by atoms with Crippen LogP contribution in [0.5, 0.6) is 0 Å². The molecule has 0 atom stereocenters. The van der Waals surface area contributed by atoms with Gasteiger partial charge in [-0.3, -0.25) is 24.3 Å². The van der Waals surface area contributed by atoms with Gasteiger partial charge < -0.3 is 12.1 Å². The summed E-state index contributed by atoms with van der Waals surface area (Å²) in [4.78, 5) is 0. The molecule has 0 unspecified atom stereocenters. The first-order chi connectivity index (χ1) is 7.97. The molecule has 3 aromatic rings. The van der Waals surface area contributed by atoms with Gasteiger partial charge in [-0.05, 0) is 0 Å². The van der Waals surface area contributed by atoms with Gasteiger partial charge in [0.25, 0.3) is 0 Å². The maximum atomic E-state index is 3.04. The van der Waals surface area contributed by atoms with Crippen LogP contribution < -0.4 is 0 Å². The zero-order valence-corrected chi connectivity index (χ0v) is 15.6. The molecule has 3 rings (SSSR count). The third-order valence-electron chi connectivity index (χ3n) is 2.15. The number of hydrogen-bond donors (Lipinski definition) is 0. The molecule has 85 valence electrons. The van der Waals surface area contributed by atoms with Gasteiger partial charge in [0.2, 0.25) is 0 Å². The fraction of sp³-hybridized carbons (Fsp3) is 0. The van der Waals surface area contributed by atoms with Gasteiger partial charge in [0.15, 0.2) is 0 Å². The van der Waals surface area contributed by atoms with E-state index < -0.39 is 0 Å². The van der Waals surface area contributed by atoms with Crippen LogP contribution in [0, 0.1) is 18.2 Å². The molecule has 0 bridgehead atoms. The normalized spacial score (nSPS) is 8.22. The predicted molar refractivity (Wildman–Crippen MR) is 66.9 cm³/mol. The summed E-state index contributed by atoms with van der Waals surface area (Å²) in [6, 6.07) is 30.3. The van der Waals surface area contributed by atoms with Gasteiger partial charge >= 0.3 is 21.1 Å². The first-order valence-corrected chi connectivity index (χ1v) is 5.14. The molecule has 1 radical (unpaired) electrons. The van der Waals surface area contributed by atoms with Crippen LogP contribution in [0.25, 0.3) is 10.8 Å². The largest absolute Gasteiger partial charge is 2.00 e. The maximum absolute atomic E-state index is 3.04. The quantitative estimate of drug-likeness (QED) is 0.432. The van der Waals surface area contributed by atoms with Crippen molar-refractivity contribution in [3.8, 4) is 0 Å². The zero-order valence-electron chi connectivity index (χ0n) is 9.84. The third-order valence-corrected chi connectivity index (χ3v) is 2.15. The molecule has 18 heavy (non-hydrogen) atoms. The molecule has 0 saturated carbocycles. The van der Waals surface area contributed by atoms with Crippen molar-refractivity contribution in [3.63, 3.8) is 0 Å². The average Bonchev–Trinajstić information content (AvgIpc) is 2.42. The minimum Gasteiger partial charge on any atom is -0.319 e. The Balaban J connectivity index is 0.000000319. The van der Waals surface area contributed by atoms with Crippen molar-refractivity contribution in [3.05, 3.63) is 84.9 Å². The minimum atomic E-state index is 0. The third kappa shape index (κ3) is 6.05. The summed E-state index contributed by atoms with van der Waals surface area (Å²) >= 11 is 0. The molecule has 0 heterocycles. The van der Waals surface area contributed by atoms with Crippen molar-refractivity contribution in [2.24, 2.45) is 0 Å². The van der Waals surface area contributed by atoms with Crippen LogP contribution in [0.15, 0.2) is 66.7 Å². The molecule has 0 nitrogen and oxygen atoms in total. The Morgan fingerprint density at radius 2 is 1.17 bits per heavy atom. The van der Waals surface area contributed by atoms with Gasteiger partial charge in [-0.25, -0.2) is 0 Å². The van der Waals surface area contributed by atoms with E-state index in [1.165, 1.54) is 10.8 Å². The fourth-order valence-corrected chi connectivity index (χ4v) is 1.37. The second kappa shape index (κ2) is 10.6. The van der Waals surface area contributed by atoms with Crippen molar-refractivity contribution in [2.45, 2.75) is 0 Å².